The molecule has 0 saturated carbocycles. The van der Waals surface area contributed by atoms with E-state index in [4.69, 9.17) is 28.5 Å². The maximum Gasteiger partial charge on any atom is 0.335 e. The predicted octanol–water partition coefficient (Wildman–Crippen LogP) is -0.857. The summed E-state index contributed by atoms with van der Waals surface area (Å²) in [7, 11) is 0.957. The van der Waals surface area contributed by atoms with Gasteiger partial charge in [0.15, 0.2) is 17.6 Å². The van der Waals surface area contributed by atoms with Gasteiger partial charge in [0.2, 0.25) is 12.1 Å². The number of aliphatic hydroxyl groups is 5. The molecule has 6 unspecified atom stereocenters. The molecule has 7 N–H and O–H groups in total. The molecule has 1 fully saturated rings. The number of carboxylic acid groups (broad SMARTS) is 1. The van der Waals surface area contributed by atoms with Crippen LogP contribution in [0.2, 0.25) is 0 Å². The van der Waals surface area contributed by atoms with Crippen molar-refractivity contribution in [1.82, 2.24) is 0 Å². The SMILES string of the molecule is COC1(O)C(O)C(Oc2cccc(-c3cc(=O)c4c(O)cc(OCC(O)CO)cc4o3)c2)OC(C(=O)O)C1O. The number of rotatable bonds is 9. The van der Waals surface area contributed by atoms with E-state index >= 15 is 0 Å². The number of benzene rings is 2. The highest BCUT2D eigenvalue weighted by atomic mass is 16.7. The van der Waals surface area contributed by atoms with Gasteiger partial charge in [-0.3, -0.25) is 4.79 Å². The van der Waals surface area contributed by atoms with Crippen molar-refractivity contribution >= 4 is 16.9 Å². The number of phenolic OH excluding ortho intramolecular Hbond substituents is 1. The van der Waals surface area contributed by atoms with Crippen LogP contribution in [-0.2, 0) is 14.3 Å². The fraction of sp³-hybridized carbons (Fsp3) is 0.360. The Kier molecular flexibility index (Phi) is 8.08. The zero-order valence-electron chi connectivity index (χ0n) is 20.3. The summed E-state index contributed by atoms with van der Waals surface area (Å²) in [5.41, 5.74) is -0.353. The zero-order chi connectivity index (χ0) is 28.5. The number of hydrogen-bond acceptors (Lipinski definition) is 13. The van der Waals surface area contributed by atoms with Crippen molar-refractivity contribution in [1.29, 1.82) is 0 Å². The minimum absolute atomic E-state index is 0.00352. The summed E-state index contributed by atoms with van der Waals surface area (Å²) in [5, 5.41) is 69.1. The lowest BCUT2D eigenvalue weighted by Crippen LogP contribution is -2.69. The lowest BCUT2D eigenvalue weighted by molar-refractivity contribution is -0.376. The molecule has 6 atom stereocenters. The molecule has 14 nitrogen and oxygen atoms in total. The van der Waals surface area contributed by atoms with E-state index in [1.807, 2.05) is 0 Å². The number of phenols is 1. The predicted molar refractivity (Wildman–Crippen MR) is 129 cm³/mol. The van der Waals surface area contributed by atoms with Crippen molar-refractivity contribution in [3.05, 3.63) is 52.7 Å². The molecule has 1 saturated heterocycles. The molecule has 39 heavy (non-hydrogen) atoms. The van der Waals surface area contributed by atoms with Crippen LogP contribution < -0.4 is 14.9 Å². The molecule has 3 aromatic rings. The Hall–Kier alpha value is -3.76. The van der Waals surface area contributed by atoms with Gasteiger partial charge in [-0.05, 0) is 12.1 Å². The fourth-order valence-electron chi connectivity index (χ4n) is 3.98. The third-order valence-electron chi connectivity index (χ3n) is 6.05. The van der Waals surface area contributed by atoms with E-state index in [2.05, 4.69) is 0 Å². The van der Waals surface area contributed by atoms with Crippen LogP contribution in [-0.4, -0.2) is 98.5 Å². The zero-order valence-corrected chi connectivity index (χ0v) is 20.3. The third kappa shape index (κ3) is 5.53. The van der Waals surface area contributed by atoms with Gasteiger partial charge in [-0.2, -0.15) is 0 Å². The topological polar surface area (TPSA) is 226 Å². The maximum absolute atomic E-state index is 12.8. The monoisotopic (exact) mass is 550 g/mol. The number of ether oxygens (including phenoxy) is 4. The highest BCUT2D eigenvalue weighted by Gasteiger charge is 2.59. The number of carbonyl (C=O) groups is 1. The van der Waals surface area contributed by atoms with Gasteiger partial charge >= 0.3 is 5.97 Å². The third-order valence-corrected chi connectivity index (χ3v) is 6.05. The van der Waals surface area contributed by atoms with Gasteiger partial charge in [-0.1, -0.05) is 12.1 Å². The number of aliphatic carboxylic acids is 1. The van der Waals surface area contributed by atoms with Crippen molar-refractivity contribution in [2.45, 2.75) is 36.5 Å². The first-order valence-electron chi connectivity index (χ1n) is 11.5. The van der Waals surface area contributed by atoms with E-state index < -0.39 is 60.2 Å². The molecule has 0 aliphatic carbocycles. The van der Waals surface area contributed by atoms with Crippen LogP contribution in [0.1, 0.15) is 0 Å². The first-order valence-corrected chi connectivity index (χ1v) is 11.5. The Labute approximate surface area is 219 Å². The molecular formula is C25H26O14. The number of carboxylic acids is 1. The second-order valence-electron chi connectivity index (χ2n) is 8.69. The normalized spacial score (nSPS) is 25.8. The second-order valence-corrected chi connectivity index (χ2v) is 8.69. The fourth-order valence-corrected chi connectivity index (χ4v) is 3.98. The Morgan fingerprint density at radius 1 is 1.13 bits per heavy atom. The van der Waals surface area contributed by atoms with Gasteiger partial charge in [0.05, 0.1) is 6.61 Å². The van der Waals surface area contributed by atoms with E-state index in [0.29, 0.717) is 0 Å². The molecule has 0 bridgehead atoms. The van der Waals surface area contributed by atoms with Crippen LogP contribution in [0, 0.1) is 0 Å². The second kappa shape index (κ2) is 11.2. The molecule has 4 rings (SSSR count). The summed E-state index contributed by atoms with van der Waals surface area (Å²) in [4.78, 5) is 24.3. The molecule has 1 aliphatic heterocycles. The van der Waals surface area contributed by atoms with Gasteiger partial charge in [-0.25, -0.2) is 4.79 Å². The van der Waals surface area contributed by atoms with Crippen molar-refractivity contribution in [3.8, 4) is 28.6 Å². The van der Waals surface area contributed by atoms with Crippen LogP contribution in [0.25, 0.3) is 22.3 Å². The van der Waals surface area contributed by atoms with Gasteiger partial charge in [0, 0.05) is 30.9 Å². The standard InChI is InChI=1S/C25H26O14/c1-35-25(34)21(30)20(23(32)33)39-24(22(25)31)37-13-4-2-3-11(5-13)17-8-16(29)19-15(28)6-14(7-18(19)38-17)36-10-12(27)9-26/h2-8,12,20-22,24,26-28,30-31,34H,9-10H2,1H3,(H,32,33). The summed E-state index contributed by atoms with van der Waals surface area (Å²) in [6.45, 7) is -0.819. The van der Waals surface area contributed by atoms with Gasteiger partial charge in [0.1, 0.15) is 52.8 Å². The van der Waals surface area contributed by atoms with Crippen LogP contribution in [0.4, 0.5) is 0 Å². The average Bonchev–Trinajstić information content (AvgIpc) is 2.91. The first kappa shape index (κ1) is 28.3. The Morgan fingerprint density at radius 2 is 1.87 bits per heavy atom. The largest absolute Gasteiger partial charge is 0.507 e. The number of fused-ring (bicyclic) bond motifs is 1. The van der Waals surface area contributed by atoms with E-state index in [-0.39, 0.29) is 40.4 Å². The quantitative estimate of drug-likeness (QED) is 0.161. The van der Waals surface area contributed by atoms with Crippen LogP contribution >= 0.6 is 0 Å². The summed E-state index contributed by atoms with van der Waals surface area (Å²) in [6, 6.07) is 9.41. The number of hydrogen-bond donors (Lipinski definition) is 7. The molecular weight excluding hydrogens is 524 g/mol. The van der Waals surface area contributed by atoms with Crippen LogP contribution in [0.3, 0.4) is 0 Å². The number of aliphatic hydroxyl groups excluding tert-OH is 4. The lowest BCUT2D eigenvalue weighted by atomic mass is 9.94. The van der Waals surface area contributed by atoms with Gasteiger partial charge in [-0.15, -0.1) is 0 Å². The Balaban J connectivity index is 1.65. The molecule has 0 amide bonds. The molecule has 2 heterocycles. The molecule has 0 radical (unpaired) electrons. The summed E-state index contributed by atoms with van der Waals surface area (Å²) >= 11 is 0. The highest BCUT2D eigenvalue weighted by molar-refractivity contribution is 5.86. The lowest BCUT2D eigenvalue weighted by Gasteiger charge is -2.45. The minimum Gasteiger partial charge on any atom is -0.507 e. The molecule has 14 heteroatoms. The Bertz CT molecular complexity index is 1400. The first-order chi connectivity index (χ1) is 18.5. The molecule has 1 aliphatic rings. The number of aromatic hydroxyl groups is 1. The van der Waals surface area contributed by atoms with Crippen molar-refractivity contribution < 1.29 is 63.9 Å². The molecule has 2 aromatic carbocycles. The summed E-state index contributed by atoms with van der Waals surface area (Å²) < 4.78 is 26.6. The molecule has 210 valence electrons. The van der Waals surface area contributed by atoms with Crippen molar-refractivity contribution in [2.24, 2.45) is 0 Å². The van der Waals surface area contributed by atoms with E-state index in [1.165, 1.54) is 24.3 Å². The van der Waals surface area contributed by atoms with Crippen molar-refractivity contribution in [2.75, 3.05) is 20.3 Å². The summed E-state index contributed by atoms with van der Waals surface area (Å²) in [5.74, 6) is -4.69. The average molecular weight is 550 g/mol. The van der Waals surface area contributed by atoms with E-state index in [0.717, 1.165) is 19.2 Å². The Morgan fingerprint density at radius 3 is 2.54 bits per heavy atom. The smallest absolute Gasteiger partial charge is 0.335 e. The highest BCUT2D eigenvalue weighted by Crippen LogP contribution is 2.35. The van der Waals surface area contributed by atoms with E-state index in [1.54, 1.807) is 6.07 Å². The maximum atomic E-state index is 12.8. The minimum atomic E-state index is -2.72. The van der Waals surface area contributed by atoms with Crippen LogP contribution in [0.5, 0.6) is 17.2 Å². The summed E-state index contributed by atoms with van der Waals surface area (Å²) in [6.07, 6.45) is -9.10. The molecule has 1 aromatic heterocycles. The van der Waals surface area contributed by atoms with Crippen LogP contribution in [0.15, 0.2) is 51.7 Å². The van der Waals surface area contributed by atoms with E-state index in [9.17, 15) is 40.2 Å². The molecule has 0 spiro atoms. The van der Waals surface area contributed by atoms with Gasteiger partial charge < -0.3 is 59.1 Å². The van der Waals surface area contributed by atoms with Gasteiger partial charge in [0.25, 0.3) is 0 Å². The van der Waals surface area contributed by atoms with Crippen molar-refractivity contribution in [3.63, 3.8) is 0 Å². The number of methoxy groups -OCH3 is 1.